The molecule has 1 aromatic carbocycles. The van der Waals surface area contributed by atoms with Crippen LogP contribution >= 0.6 is 11.3 Å². The third-order valence-corrected chi connectivity index (χ3v) is 3.45. The second kappa shape index (κ2) is 5.79. The standard InChI is InChI=1S/C13H11FN2O3S/c1-7(8-3-2-4-9(14)5-8)15-11(17)12-16-10(6-20-12)13(18)19/h2-7H,1H3,(H,15,17)(H,18,19). The average Bonchev–Trinajstić information content (AvgIpc) is 2.88. The van der Waals surface area contributed by atoms with Gasteiger partial charge in [-0.25, -0.2) is 14.2 Å². The molecule has 0 aliphatic rings. The molecule has 1 heterocycles. The zero-order chi connectivity index (χ0) is 14.7. The third kappa shape index (κ3) is 3.18. The number of carbonyl (C=O) groups is 2. The molecule has 0 saturated carbocycles. The predicted molar refractivity (Wildman–Crippen MR) is 71.4 cm³/mol. The van der Waals surface area contributed by atoms with Crippen molar-refractivity contribution in [3.8, 4) is 0 Å². The van der Waals surface area contributed by atoms with E-state index in [0.29, 0.717) is 5.56 Å². The van der Waals surface area contributed by atoms with Gasteiger partial charge in [0, 0.05) is 5.38 Å². The van der Waals surface area contributed by atoms with Gasteiger partial charge < -0.3 is 10.4 Å². The minimum absolute atomic E-state index is 0.0608. The molecule has 0 fully saturated rings. The Labute approximate surface area is 118 Å². The monoisotopic (exact) mass is 294 g/mol. The lowest BCUT2D eigenvalue weighted by atomic mass is 10.1. The van der Waals surface area contributed by atoms with E-state index < -0.39 is 17.9 Å². The van der Waals surface area contributed by atoms with Crippen LogP contribution in [0.2, 0.25) is 0 Å². The van der Waals surface area contributed by atoms with Crippen molar-refractivity contribution in [1.82, 2.24) is 10.3 Å². The summed E-state index contributed by atoms with van der Waals surface area (Å²) in [6, 6.07) is 5.49. The van der Waals surface area contributed by atoms with Crippen molar-refractivity contribution < 1.29 is 19.1 Å². The number of aromatic nitrogens is 1. The highest BCUT2D eigenvalue weighted by atomic mass is 32.1. The van der Waals surface area contributed by atoms with E-state index in [1.807, 2.05) is 0 Å². The van der Waals surface area contributed by atoms with Gasteiger partial charge in [-0.2, -0.15) is 0 Å². The van der Waals surface area contributed by atoms with Crippen LogP contribution in [0.4, 0.5) is 4.39 Å². The molecule has 0 aliphatic carbocycles. The number of carbonyl (C=O) groups excluding carboxylic acids is 1. The summed E-state index contributed by atoms with van der Waals surface area (Å²) in [4.78, 5) is 26.3. The summed E-state index contributed by atoms with van der Waals surface area (Å²) >= 11 is 0.948. The Balaban J connectivity index is 2.08. The molecule has 104 valence electrons. The van der Waals surface area contributed by atoms with Gasteiger partial charge in [0.1, 0.15) is 5.82 Å². The molecule has 1 unspecified atom stereocenters. The molecule has 2 N–H and O–H groups in total. The van der Waals surface area contributed by atoms with Crippen LogP contribution in [0.1, 0.15) is 38.8 Å². The number of carboxylic acid groups (broad SMARTS) is 1. The van der Waals surface area contributed by atoms with Crippen molar-refractivity contribution in [3.63, 3.8) is 0 Å². The van der Waals surface area contributed by atoms with Gasteiger partial charge in [-0.1, -0.05) is 12.1 Å². The molecule has 20 heavy (non-hydrogen) atoms. The Hall–Kier alpha value is -2.28. The third-order valence-electron chi connectivity index (χ3n) is 2.61. The lowest BCUT2D eigenvalue weighted by Crippen LogP contribution is -2.26. The topological polar surface area (TPSA) is 79.3 Å². The van der Waals surface area contributed by atoms with E-state index >= 15 is 0 Å². The summed E-state index contributed by atoms with van der Waals surface area (Å²) in [5.41, 5.74) is 0.451. The van der Waals surface area contributed by atoms with Crippen LogP contribution in [-0.4, -0.2) is 22.0 Å². The quantitative estimate of drug-likeness (QED) is 0.908. The lowest BCUT2D eigenvalue weighted by Gasteiger charge is -2.13. The minimum atomic E-state index is -1.18. The van der Waals surface area contributed by atoms with E-state index in [2.05, 4.69) is 10.3 Å². The maximum absolute atomic E-state index is 13.1. The predicted octanol–water partition coefficient (Wildman–Crippen LogP) is 2.47. The Morgan fingerprint density at radius 3 is 2.80 bits per heavy atom. The number of nitrogens with zero attached hydrogens (tertiary/aromatic N) is 1. The number of nitrogens with one attached hydrogen (secondary N) is 1. The maximum atomic E-state index is 13.1. The van der Waals surface area contributed by atoms with Crippen LogP contribution in [0.5, 0.6) is 0 Å². The van der Waals surface area contributed by atoms with Gasteiger partial charge in [0.15, 0.2) is 10.7 Å². The second-order valence-corrected chi connectivity index (χ2v) is 4.95. The molecular formula is C13H11FN2O3S. The first kappa shape index (κ1) is 14.1. The molecule has 7 heteroatoms. The van der Waals surface area contributed by atoms with E-state index in [9.17, 15) is 14.0 Å². The molecule has 1 atom stereocenters. The summed E-state index contributed by atoms with van der Waals surface area (Å²) < 4.78 is 13.1. The van der Waals surface area contributed by atoms with Gasteiger partial charge in [0.2, 0.25) is 0 Å². The van der Waals surface area contributed by atoms with Gasteiger partial charge in [0.25, 0.3) is 5.91 Å². The Kier molecular flexibility index (Phi) is 4.09. The van der Waals surface area contributed by atoms with Crippen molar-refractivity contribution in [1.29, 1.82) is 0 Å². The SMILES string of the molecule is CC(NC(=O)c1nc(C(=O)O)cs1)c1cccc(F)c1. The van der Waals surface area contributed by atoms with E-state index in [1.54, 1.807) is 19.1 Å². The molecule has 2 rings (SSSR count). The molecule has 0 spiro atoms. The smallest absolute Gasteiger partial charge is 0.355 e. The fraction of sp³-hybridized carbons (Fsp3) is 0.154. The first-order valence-corrected chi connectivity index (χ1v) is 6.60. The molecule has 1 amide bonds. The van der Waals surface area contributed by atoms with Crippen LogP contribution in [0.25, 0.3) is 0 Å². The largest absolute Gasteiger partial charge is 0.476 e. The van der Waals surface area contributed by atoms with Crippen LogP contribution in [0.15, 0.2) is 29.6 Å². The maximum Gasteiger partial charge on any atom is 0.355 e. The molecule has 0 bridgehead atoms. The first-order chi connectivity index (χ1) is 9.47. The van der Waals surface area contributed by atoms with E-state index in [-0.39, 0.29) is 16.5 Å². The van der Waals surface area contributed by atoms with Crippen molar-refractivity contribution in [2.45, 2.75) is 13.0 Å². The van der Waals surface area contributed by atoms with Crippen molar-refractivity contribution in [3.05, 3.63) is 51.7 Å². The lowest BCUT2D eigenvalue weighted by molar-refractivity contribution is 0.0691. The van der Waals surface area contributed by atoms with E-state index in [4.69, 9.17) is 5.11 Å². The number of rotatable bonds is 4. The summed E-state index contributed by atoms with van der Waals surface area (Å²) in [6.45, 7) is 1.71. The number of halogens is 1. The van der Waals surface area contributed by atoms with Crippen LogP contribution in [0.3, 0.4) is 0 Å². The van der Waals surface area contributed by atoms with Gasteiger partial charge in [-0.05, 0) is 24.6 Å². The number of hydrogen-bond donors (Lipinski definition) is 2. The highest BCUT2D eigenvalue weighted by molar-refractivity contribution is 7.11. The molecule has 2 aromatic rings. The fourth-order valence-corrected chi connectivity index (χ4v) is 2.29. The number of thiazole rings is 1. The summed E-state index contributed by atoms with van der Waals surface area (Å²) in [5.74, 6) is -2.05. The second-order valence-electron chi connectivity index (χ2n) is 4.09. The fourth-order valence-electron chi connectivity index (χ4n) is 1.59. The number of benzene rings is 1. The van der Waals surface area contributed by atoms with E-state index in [0.717, 1.165) is 11.3 Å². The molecule has 0 radical (unpaired) electrons. The van der Waals surface area contributed by atoms with Gasteiger partial charge in [0.05, 0.1) is 6.04 Å². The highest BCUT2D eigenvalue weighted by Crippen LogP contribution is 2.16. The Morgan fingerprint density at radius 1 is 1.45 bits per heavy atom. The van der Waals surface area contributed by atoms with Crippen LogP contribution in [-0.2, 0) is 0 Å². The Morgan fingerprint density at radius 2 is 2.20 bits per heavy atom. The van der Waals surface area contributed by atoms with E-state index in [1.165, 1.54) is 17.5 Å². The van der Waals surface area contributed by atoms with Gasteiger partial charge in [-0.15, -0.1) is 11.3 Å². The Bertz CT molecular complexity index is 657. The summed E-state index contributed by atoms with van der Waals surface area (Å²) in [7, 11) is 0. The minimum Gasteiger partial charge on any atom is -0.476 e. The summed E-state index contributed by atoms with van der Waals surface area (Å²) in [6.07, 6.45) is 0. The number of aromatic carboxylic acids is 1. The number of hydrogen-bond acceptors (Lipinski definition) is 4. The zero-order valence-corrected chi connectivity index (χ0v) is 11.3. The first-order valence-electron chi connectivity index (χ1n) is 5.72. The van der Waals surface area contributed by atoms with Crippen LogP contribution in [0, 0.1) is 5.82 Å². The summed E-state index contributed by atoms with van der Waals surface area (Å²) in [5, 5.41) is 12.7. The van der Waals surface area contributed by atoms with Gasteiger partial charge in [-0.3, -0.25) is 4.79 Å². The number of amides is 1. The highest BCUT2D eigenvalue weighted by Gasteiger charge is 2.17. The average molecular weight is 294 g/mol. The van der Waals surface area contributed by atoms with Crippen LogP contribution < -0.4 is 5.32 Å². The number of carboxylic acids is 1. The van der Waals surface area contributed by atoms with Crippen molar-refractivity contribution in [2.75, 3.05) is 0 Å². The van der Waals surface area contributed by atoms with Crippen molar-refractivity contribution in [2.24, 2.45) is 0 Å². The normalized spacial score (nSPS) is 11.9. The van der Waals surface area contributed by atoms with Gasteiger partial charge >= 0.3 is 5.97 Å². The molecule has 5 nitrogen and oxygen atoms in total. The zero-order valence-electron chi connectivity index (χ0n) is 10.5. The molecule has 1 aromatic heterocycles. The molecular weight excluding hydrogens is 283 g/mol. The van der Waals surface area contributed by atoms with Crippen molar-refractivity contribution >= 4 is 23.2 Å². The molecule has 0 saturated heterocycles. The molecule has 0 aliphatic heterocycles.